The lowest BCUT2D eigenvalue weighted by Crippen LogP contribution is -2.44. The summed E-state index contributed by atoms with van der Waals surface area (Å²) in [7, 11) is 2.16. The fourth-order valence-electron chi connectivity index (χ4n) is 2.76. The Bertz CT molecular complexity index is 560. The molecule has 0 radical (unpaired) electrons. The van der Waals surface area contributed by atoms with E-state index in [1.54, 1.807) is 0 Å². The Morgan fingerprint density at radius 1 is 0.810 bits per heavy atom. The Balaban J connectivity index is 1.72. The minimum atomic E-state index is -0.548. The summed E-state index contributed by atoms with van der Waals surface area (Å²) in [6.07, 6.45) is -0.548. The van der Waals surface area contributed by atoms with Gasteiger partial charge in [-0.3, -0.25) is 0 Å². The van der Waals surface area contributed by atoms with Gasteiger partial charge in [-0.15, -0.1) is 0 Å². The van der Waals surface area contributed by atoms with Crippen LogP contribution >= 0.6 is 0 Å². The Morgan fingerprint density at radius 3 is 2.00 bits per heavy atom. The summed E-state index contributed by atoms with van der Waals surface area (Å²) in [6, 6.07) is 18.1. The molecule has 3 nitrogen and oxygen atoms in total. The number of likely N-dealkylation sites (N-methyl/N-ethyl adjacent to an activating group) is 1. The van der Waals surface area contributed by atoms with Gasteiger partial charge in [0.05, 0.1) is 0 Å². The van der Waals surface area contributed by atoms with Crippen LogP contribution in [0, 0.1) is 0 Å². The molecule has 1 N–H and O–H groups in total. The molecular formula is C18H22N2O. The van der Waals surface area contributed by atoms with Crippen molar-refractivity contribution in [1.82, 2.24) is 4.90 Å². The van der Waals surface area contributed by atoms with E-state index in [0.717, 1.165) is 37.3 Å². The summed E-state index contributed by atoms with van der Waals surface area (Å²) in [5.74, 6) is 0. The number of hydrogen-bond acceptors (Lipinski definition) is 3. The molecule has 1 unspecified atom stereocenters. The molecule has 0 aromatic heterocycles. The van der Waals surface area contributed by atoms with E-state index in [2.05, 4.69) is 29.0 Å². The van der Waals surface area contributed by atoms with Crippen LogP contribution in [-0.4, -0.2) is 43.2 Å². The molecule has 21 heavy (non-hydrogen) atoms. The third kappa shape index (κ3) is 3.26. The molecule has 110 valence electrons. The van der Waals surface area contributed by atoms with Crippen LogP contribution in [0.5, 0.6) is 0 Å². The summed E-state index contributed by atoms with van der Waals surface area (Å²) in [5, 5.41) is 10.4. The minimum Gasteiger partial charge on any atom is -0.384 e. The molecule has 2 aromatic rings. The topological polar surface area (TPSA) is 26.7 Å². The lowest BCUT2D eigenvalue weighted by molar-refractivity contribution is 0.220. The Labute approximate surface area is 126 Å². The van der Waals surface area contributed by atoms with Crippen molar-refractivity contribution in [2.45, 2.75) is 6.10 Å². The second kappa shape index (κ2) is 6.29. The largest absolute Gasteiger partial charge is 0.384 e. The fraction of sp³-hybridized carbons (Fsp3) is 0.333. The van der Waals surface area contributed by atoms with Crippen molar-refractivity contribution in [2.24, 2.45) is 0 Å². The third-order valence-corrected chi connectivity index (χ3v) is 4.19. The van der Waals surface area contributed by atoms with Gasteiger partial charge >= 0.3 is 0 Å². The highest BCUT2D eigenvalue weighted by Gasteiger charge is 2.15. The van der Waals surface area contributed by atoms with E-state index in [1.807, 2.05) is 42.5 Å². The predicted molar refractivity (Wildman–Crippen MR) is 86.7 cm³/mol. The molecule has 0 saturated carbocycles. The molecule has 3 heteroatoms. The maximum atomic E-state index is 10.4. The zero-order valence-corrected chi connectivity index (χ0v) is 12.4. The van der Waals surface area contributed by atoms with Gasteiger partial charge < -0.3 is 14.9 Å². The Hall–Kier alpha value is -1.84. The van der Waals surface area contributed by atoms with Gasteiger partial charge in [-0.1, -0.05) is 42.5 Å². The first-order chi connectivity index (χ1) is 10.2. The standard InChI is InChI=1S/C18H22N2O/c1-19-11-13-20(14-12-19)17-9-7-16(8-10-17)18(21)15-5-3-2-4-6-15/h2-10,18,21H,11-14H2,1H3. The smallest absolute Gasteiger partial charge is 0.104 e. The number of hydrogen-bond donors (Lipinski definition) is 1. The number of nitrogens with zero attached hydrogens (tertiary/aromatic N) is 2. The first kappa shape index (κ1) is 14.1. The predicted octanol–water partition coefficient (Wildman–Crippen LogP) is 2.52. The van der Waals surface area contributed by atoms with Crippen LogP contribution in [-0.2, 0) is 0 Å². The average molecular weight is 282 g/mol. The van der Waals surface area contributed by atoms with Gasteiger partial charge in [0.25, 0.3) is 0 Å². The van der Waals surface area contributed by atoms with Gasteiger partial charge in [-0.05, 0) is 30.3 Å². The van der Waals surface area contributed by atoms with E-state index in [0.29, 0.717) is 0 Å². The van der Waals surface area contributed by atoms with Crippen molar-refractivity contribution in [3.8, 4) is 0 Å². The first-order valence-corrected chi connectivity index (χ1v) is 7.50. The van der Waals surface area contributed by atoms with Crippen molar-refractivity contribution in [3.63, 3.8) is 0 Å². The molecule has 0 amide bonds. The van der Waals surface area contributed by atoms with Crippen LogP contribution in [0.25, 0.3) is 0 Å². The van der Waals surface area contributed by atoms with Gasteiger partial charge in [0.15, 0.2) is 0 Å². The molecular weight excluding hydrogens is 260 g/mol. The first-order valence-electron chi connectivity index (χ1n) is 7.50. The third-order valence-electron chi connectivity index (χ3n) is 4.19. The van der Waals surface area contributed by atoms with E-state index in [1.165, 1.54) is 5.69 Å². The molecule has 1 atom stereocenters. The summed E-state index contributed by atoms with van der Waals surface area (Å²) in [4.78, 5) is 4.75. The van der Waals surface area contributed by atoms with Crippen LogP contribution in [0.4, 0.5) is 5.69 Å². The SMILES string of the molecule is CN1CCN(c2ccc(C(O)c3ccccc3)cc2)CC1. The highest BCUT2D eigenvalue weighted by Crippen LogP contribution is 2.24. The number of aliphatic hydroxyl groups is 1. The minimum absolute atomic E-state index is 0.548. The highest BCUT2D eigenvalue weighted by molar-refractivity contribution is 5.49. The maximum absolute atomic E-state index is 10.4. The van der Waals surface area contributed by atoms with Crippen LogP contribution < -0.4 is 4.90 Å². The zero-order chi connectivity index (χ0) is 14.7. The van der Waals surface area contributed by atoms with Gasteiger partial charge in [-0.25, -0.2) is 0 Å². The van der Waals surface area contributed by atoms with E-state index >= 15 is 0 Å². The van der Waals surface area contributed by atoms with Crippen molar-refractivity contribution in [3.05, 3.63) is 65.7 Å². The molecule has 1 fully saturated rings. The lowest BCUT2D eigenvalue weighted by Gasteiger charge is -2.34. The number of rotatable bonds is 3. The normalized spacial score (nSPS) is 17.7. The Kier molecular flexibility index (Phi) is 4.23. The number of aliphatic hydroxyl groups excluding tert-OH is 1. The van der Waals surface area contributed by atoms with Gasteiger partial charge in [0, 0.05) is 31.9 Å². The van der Waals surface area contributed by atoms with Gasteiger partial charge in [-0.2, -0.15) is 0 Å². The maximum Gasteiger partial charge on any atom is 0.104 e. The van der Waals surface area contributed by atoms with Crippen LogP contribution in [0.2, 0.25) is 0 Å². The van der Waals surface area contributed by atoms with Crippen molar-refractivity contribution in [2.75, 3.05) is 38.1 Å². The molecule has 1 saturated heterocycles. The number of piperazine rings is 1. The average Bonchev–Trinajstić information content (AvgIpc) is 2.56. The van der Waals surface area contributed by atoms with Crippen molar-refractivity contribution < 1.29 is 5.11 Å². The van der Waals surface area contributed by atoms with E-state index in [4.69, 9.17) is 0 Å². The number of anilines is 1. The molecule has 0 spiro atoms. The summed E-state index contributed by atoms with van der Waals surface area (Å²) in [6.45, 7) is 4.34. The van der Waals surface area contributed by atoms with Crippen molar-refractivity contribution in [1.29, 1.82) is 0 Å². The molecule has 1 heterocycles. The Morgan fingerprint density at radius 2 is 1.38 bits per heavy atom. The summed E-state index contributed by atoms with van der Waals surface area (Å²) < 4.78 is 0. The monoisotopic (exact) mass is 282 g/mol. The molecule has 1 aliphatic heterocycles. The summed E-state index contributed by atoms with van der Waals surface area (Å²) >= 11 is 0. The molecule has 1 aliphatic rings. The molecule has 0 aliphatic carbocycles. The second-order valence-corrected chi connectivity index (χ2v) is 5.70. The molecule has 3 rings (SSSR count). The second-order valence-electron chi connectivity index (χ2n) is 5.70. The quantitative estimate of drug-likeness (QED) is 0.937. The van der Waals surface area contributed by atoms with Crippen LogP contribution in [0.15, 0.2) is 54.6 Å². The van der Waals surface area contributed by atoms with E-state index in [9.17, 15) is 5.11 Å². The summed E-state index contributed by atoms with van der Waals surface area (Å²) in [5.41, 5.74) is 3.12. The highest BCUT2D eigenvalue weighted by atomic mass is 16.3. The van der Waals surface area contributed by atoms with Gasteiger partial charge in [0.2, 0.25) is 0 Å². The van der Waals surface area contributed by atoms with Crippen LogP contribution in [0.3, 0.4) is 0 Å². The number of benzene rings is 2. The van der Waals surface area contributed by atoms with E-state index < -0.39 is 6.10 Å². The molecule has 2 aromatic carbocycles. The lowest BCUT2D eigenvalue weighted by atomic mass is 10.0. The van der Waals surface area contributed by atoms with E-state index in [-0.39, 0.29) is 0 Å². The van der Waals surface area contributed by atoms with Crippen LogP contribution in [0.1, 0.15) is 17.2 Å². The molecule has 0 bridgehead atoms. The van der Waals surface area contributed by atoms with Crippen molar-refractivity contribution >= 4 is 5.69 Å². The zero-order valence-electron chi connectivity index (χ0n) is 12.4. The fourth-order valence-corrected chi connectivity index (χ4v) is 2.76. The van der Waals surface area contributed by atoms with Gasteiger partial charge in [0.1, 0.15) is 6.10 Å².